The number of benzene rings is 1. The first-order valence-electron chi connectivity index (χ1n) is 14.2. The van der Waals surface area contributed by atoms with Crippen molar-refractivity contribution in [3.63, 3.8) is 0 Å². The number of fused-ring (bicyclic) bond motifs is 1. The van der Waals surface area contributed by atoms with Crippen molar-refractivity contribution in [1.29, 1.82) is 0 Å². The third kappa shape index (κ3) is 5.73. The molecule has 3 aromatic rings. The predicted molar refractivity (Wildman–Crippen MR) is 154 cm³/mol. The first kappa shape index (κ1) is 30.0. The van der Waals surface area contributed by atoms with Crippen molar-refractivity contribution in [2.75, 3.05) is 26.3 Å². The van der Waals surface area contributed by atoms with Gasteiger partial charge < -0.3 is 19.4 Å². The Morgan fingerprint density at radius 3 is 2.50 bits per heavy atom. The zero-order valence-corrected chi connectivity index (χ0v) is 24.6. The number of Topliss-reactive ketones (excluding diaryl/α,β-unsaturated/α-hetero) is 1. The smallest absolute Gasteiger partial charge is 0.275 e. The van der Waals surface area contributed by atoms with Gasteiger partial charge in [-0.15, -0.1) is 0 Å². The van der Waals surface area contributed by atoms with Gasteiger partial charge in [-0.2, -0.15) is 4.31 Å². The van der Waals surface area contributed by atoms with E-state index in [1.165, 1.54) is 23.4 Å². The van der Waals surface area contributed by atoms with E-state index in [0.29, 0.717) is 85.9 Å². The molecule has 2 N–H and O–H groups in total. The lowest BCUT2D eigenvalue weighted by molar-refractivity contribution is 0.100. The van der Waals surface area contributed by atoms with Crippen LogP contribution in [0.5, 0.6) is 5.75 Å². The van der Waals surface area contributed by atoms with Gasteiger partial charge in [0.05, 0.1) is 22.8 Å². The fraction of sp³-hybridized carbons (Fsp3) is 0.552. The third-order valence-corrected chi connectivity index (χ3v) is 9.47. The van der Waals surface area contributed by atoms with Gasteiger partial charge in [0, 0.05) is 38.7 Å². The summed E-state index contributed by atoms with van der Waals surface area (Å²) in [7, 11) is -3.81. The van der Waals surface area contributed by atoms with Gasteiger partial charge in [-0.1, -0.05) is 20.3 Å². The number of H-pyrrole nitrogens is 1. The van der Waals surface area contributed by atoms with E-state index in [-0.39, 0.29) is 23.1 Å². The van der Waals surface area contributed by atoms with E-state index in [4.69, 9.17) is 9.72 Å². The molecule has 0 radical (unpaired) electrons. The van der Waals surface area contributed by atoms with Crippen LogP contribution >= 0.6 is 0 Å². The van der Waals surface area contributed by atoms with Gasteiger partial charge in [-0.25, -0.2) is 13.4 Å². The van der Waals surface area contributed by atoms with Crippen molar-refractivity contribution in [1.82, 2.24) is 18.8 Å². The predicted octanol–water partition coefficient (Wildman–Crippen LogP) is 4.14. The highest BCUT2D eigenvalue weighted by Gasteiger charge is 2.31. The van der Waals surface area contributed by atoms with Crippen LogP contribution < -0.4 is 10.3 Å². The summed E-state index contributed by atoms with van der Waals surface area (Å²) in [5, 5.41) is 9.25. The fourth-order valence-corrected chi connectivity index (χ4v) is 7.11. The van der Waals surface area contributed by atoms with Crippen molar-refractivity contribution < 1.29 is 23.1 Å². The number of carbonyl (C=O) groups excluding carboxylic acids is 1. The lowest BCUT2D eigenvalue weighted by Gasteiger charge is -2.31. The number of hydrogen-bond acceptors (Lipinski definition) is 7. The van der Waals surface area contributed by atoms with Crippen molar-refractivity contribution in [2.24, 2.45) is 5.92 Å². The van der Waals surface area contributed by atoms with Crippen molar-refractivity contribution in [2.45, 2.75) is 77.7 Å². The summed E-state index contributed by atoms with van der Waals surface area (Å²) in [6.45, 7) is 9.07. The number of ketones is 1. The molecule has 0 amide bonds. The number of aliphatic hydroxyl groups excluding tert-OH is 1. The molecular weight excluding hydrogens is 532 g/mol. The second-order valence-electron chi connectivity index (χ2n) is 10.4. The average molecular weight is 573 g/mol. The topological polar surface area (TPSA) is 135 Å². The van der Waals surface area contributed by atoms with Crippen LogP contribution in [-0.4, -0.2) is 64.5 Å². The number of piperidine rings is 1. The van der Waals surface area contributed by atoms with Crippen LogP contribution in [0.2, 0.25) is 0 Å². The van der Waals surface area contributed by atoms with Gasteiger partial charge in [-0.3, -0.25) is 9.59 Å². The number of nitrogens with zero attached hydrogens (tertiary/aromatic N) is 3. The Morgan fingerprint density at radius 2 is 1.90 bits per heavy atom. The zero-order valence-electron chi connectivity index (χ0n) is 23.8. The van der Waals surface area contributed by atoms with E-state index in [1.807, 2.05) is 20.8 Å². The summed E-state index contributed by atoms with van der Waals surface area (Å²) in [5.74, 6) is 0.796. The highest BCUT2D eigenvalue weighted by atomic mass is 32.2. The molecule has 3 heterocycles. The molecule has 1 saturated heterocycles. The van der Waals surface area contributed by atoms with Crippen molar-refractivity contribution in [3.05, 3.63) is 39.8 Å². The number of aromatic nitrogens is 3. The number of hydrogen-bond donors (Lipinski definition) is 2. The van der Waals surface area contributed by atoms with Gasteiger partial charge in [0.25, 0.3) is 5.56 Å². The zero-order chi connectivity index (χ0) is 29.0. The summed E-state index contributed by atoms with van der Waals surface area (Å²) >= 11 is 0. The highest BCUT2D eigenvalue weighted by Crippen LogP contribution is 2.34. The van der Waals surface area contributed by atoms with Gasteiger partial charge in [-0.05, 0) is 63.1 Å². The van der Waals surface area contributed by atoms with E-state index in [0.717, 1.165) is 18.4 Å². The van der Waals surface area contributed by atoms with Gasteiger partial charge in [0.2, 0.25) is 10.0 Å². The number of aliphatic hydroxyl groups is 1. The molecule has 0 bridgehead atoms. The Hall–Kier alpha value is -3.02. The molecule has 4 rings (SSSR count). The summed E-state index contributed by atoms with van der Waals surface area (Å²) in [6, 6.07) is 4.67. The van der Waals surface area contributed by atoms with E-state index >= 15 is 0 Å². The molecule has 0 aliphatic carbocycles. The van der Waals surface area contributed by atoms with Crippen LogP contribution in [0.15, 0.2) is 27.9 Å². The van der Waals surface area contributed by atoms with Crippen molar-refractivity contribution >= 4 is 26.8 Å². The molecule has 0 unspecified atom stereocenters. The normalized spacial score (nSPS) is 15.1. The number of ether oxygens (including phenoxy) is 1. The maximum atomic E-state index is 13.6. The van der Waals surface area contributed by atoms with Crippen LogP contribution in [0.4, 0.5) is 0 Å². The molecule has 10 nitrogen and oxygen atoms in total. The SMILES string of the molecule is CCCOc1ccc(S(=O)(=O)N2CCC(CCO)CC2)cc1-c1nc2c(CCC)c(C(C)=O)n(CC)c2c(=O)[nH]1. The van der Waals surface area contributed by atoms with E-state index in [1.54, 1.807) is 10.6 Å². The number of aromatic amines is 1. The summed E-state index contributed by atoms with van der Waals surface area (Å²) in [6.07, 6.45) is 4.15. The minimum Gasteiger partial charge on any atom is -0.493 e. The Morgan fingerprint density at radius 1 is 1.18 bits per heavy atom. The minimum atomic E-state index is -3.81. The van der Waals surface area contributed by atoms with Crippen LogP contribution in [0.25, 0.3) is 22.4 Å². The molecule has 1 aliphatic rings. The number of sulfonamides is 1. The maximum Gasteiger partial charge on any atom is 0.275 e. The Bertz CT molecular complexity index is 1530. The van der Waals surface area contributed by atoms with E-state index in [2.05, 4.69) is 4.98 Å². The summed E-state index contributed by atoms with van der Waals surface area (Å²) in [4.78, 5) is 33.9. The summed E-state index contributed by atoms with van der Waals surface area (Å²) < 4.78 is 36.4. The van der Waals surface area contributed by atoms with Gasteiger partial charge in [0.1, 0.15) is 22.6 Å². The Balaban J connectivity index is 1.86. The Kier molecular flexibility index (Phi) is 9.48. The van der Waals surface area contributed by atoms with Gasteiger partial charge in [0.15, 0.2) is 5.78 Å². The minimum absolute atomic E-state index is 0.0963. The molecule has 2 aromatic heterocycles. The largest absolute Gasteiger partial charge is 0.493 e. The Labute approximate surface area is 235 Å². The van der Waals surface area contributed by atoms with Crippen molar-refractivity contribution in [3.8, 4) is 17.1 Å². The molecule has 11 heteroatoms. The quantitative estimate of drug-likeness (QED) is 0.312. The van der Waals surface area contributed by atoms with Crippen LogP contribution in [0.1, 0.15) is 75.9 Å². The maximum absolute atomic E-state index is 13.6. The van der Waals surface area contributed by atoms with Crippen LogP contribution in [0, 0.1) is 5.92 Å². The number of rotatable bonds is 12. The molecule has 0 saturated carbocycles. The first-order valence-corrected chi connectivity index (χ1v) is 15.7. The molecule has 1 aromatic carbocycles. The molecule has 1 fully saturated rings. The van der Waals surface area contributed by atoms with Crippen LogP contribution in [0.3, 0.4) is 0 Å². The van der Waals surface area contributed by atoms with E-state index < -0.39 is 15.6 Å². The molecular formula is C29H40N4O6S. The molecule has 1 aliphatic heterocycles. The number of nitrogens with one attached hydrogen (secondary N) is 1. The third-order valence-electron chi connectivity index (χ3n) is 7.57. The average Bonchev–Trinajstić information content (AvgIpc) is 3.26. The summed E-state index contributed by atoms with van der Waals surface area (Å²) in [5.41, 5.74) is 1.98. The first-order chi connectivity index (χ1) is 19.2. The fourth-order valence-electron chi connectivity index (χ4n) is 5.61. The molecule has 40 heavy (non-hydrogen) atoms. The monoisotopic (exact) mass is 572 g/mol. The standard InChI is InChI=1S/C29H40N4O6S/c1-5-8-22-25-27(33(7-3)26(22)19(4)35)29(36)31-28(30-25)23-18-21(9-10-24(23)39-17-6-2)40(37,38)32-14-11-20(12-15-32)13-16-34/h9-10,18,20,34H,5-8,11-17H2,1-4H3,(H,30,31,36). The molecule has 0 spiro atoms. The molecule has 218 valence electrons. The van der Waals surface area contributed by atoms with E-state index in [9.17, 15) is 23.1 Å². The second-order valence-corrected chi connectivity index (χ2v) is 12.3. The molecule has 0 atom stereocenters. The highest BCUT2D eigenvalue weighted by molar-refractivity contribution is 7.89. The van der Waals surface area contributed by atoms with Gasteiger partial charge >= 0.3 is 0 Å². The number of carbonyl (C=O) groups is 1. The lowest BCUT2D eigenvalue weighted by atomic mass is 9.95. The number of aryl methyl sites for hydroxylation is 2. The van der Waals surface area contributed by atoms with Crippen LogP contribution in [-0.2, 0) is 23.0 Å². The second kappa shape index (κ2) is 12.7. The lowest BCUT2D eigenvalue weighted by Crippen LogP contribution is -2.38.